The van der Waals surface area contributed by atoms with Crippen molar-refractivity contribution in [1.29, 1.82) is 0 Å². The van der Waals surface area contributed by atoms with Crippen LogP contribution in [0.1, 0.15) is 31.4 Å². The smallest absolute Gasteiger partial charge is 0.193 e. The van der Waals surface area contributed by atoms with Crippen LogP contribution in [0.15, 0.2) is 47.5 Å². The molecule has 2 aromatic carbocycles. The minimum atomic E-state index is -0.0942. The van der Waals surface area contributed by atoms with Gasteiger partial charge in [-0.15, -0.1) is 0 Å². The van der Waals surface area contributed by atoms with Crippen LogP contribution in [0.25, 0.3) is 0 Å². The molecule has 0 saturated carbocycles. The van der Waals surface area contributed by atoms with Crippen molar-refractivity contribution >= 4 is 11.6 Å². The molecule has 2 aromatic rings. The monoisotopic (exact) mass is 353 g/mol. The number of fused-ring (bicyclic) bond motifs is 1. The van der Waals surface area contributed by atoms with Gasteiger partial charge in [-0.05, 0) is 24.6 Å². The number of guanidine groups is 1. The van der Waals surface area contributed by atoms with E-state index in [-0.39, 0.29) is 5.41 Å². The standard InChI is InChI=1S/C21H27N3O2/c1-15-6-4-7-16(12-15)21(2,3)14-23-20(22)24-17-8-9-18-19(13-17)26-11-5-10-25-18/h4,6-9,12-13H,5,10-11,14H2,1-3H3,(H3,22,23,24). The molecule has 0 amide bonds. The zero-order valence-electron chi connectivity index (χ0n) is 15.7. The molecule has 0 unspecified atom stereocenters. The van der Waals surface area contributed by atoms with E-state index in [1.54, 1.807) is 0 Å². The number of rotatable bonds is 4. The molecule has 0 saturated heterocycles. The fourth-order valence-electron chi connectivity index (χ4n) is 2.87. The molecule has 1 aliphatic heterocycles. The molecular formula is C21H27N3O2. The summed E-state index contributed by atoms with van der Waals surface area (Å²) in [5.41, 5.74) is 9.34. The van der Waals surface area contributed by atoms with Gasteiger partial charge in [0, 0.05) is 23.6 Å². The van der Waals surface area contributed by atoms with Gasteiger partial charge in [-0.1, -0.05) is 43.7 Å². The van der Waals surface area contributed by atoms with Gasteiger partial charge in [-0.25, -0.2) is 0 Å². The number of nitrogens with zero attached hydrogens (tertiary/aromatic N) is 1. The van der Waals surface area contributed by atoms with Crippen molar-refractivity contribution < 1.29 is 9.47 Å². The Labute approximate surface area is 155 Å². The lowest BCUT2D eigenvalue weighted by atomic mass is 9.84. The summed E-state index contributed by atoms with van der Waals surface area (Å²) in [5, 5.41) is 3.14. The lowest BCUT2D eigenvalue weighted by Gasteiger charge is -2.23. The summed E-state index contributed by atoms with van der Waals surface area (Å²) < 4.78 is 11.4. The van der Waals surface area contributed by atoms with Crippen LogP contribution in [-0.4, -0.2) is 25.7 Å². The van der Waals surface area contributed by atoms with Crippen molar-refractivity contribution in [3.05, 3.63) is 53.6 Å². The maximum atomic E-state index is 6.09. The molecule has 3 rings (SSSR count). The van der Waals surface area contributed by atoms with Crippen LogP contribution in [0.4, 0.5) is 5.69 Å². The lowest BCUT2D eigenvalue weighted by molar-refractivity contribution is 0.297. The Bertz CT molecular complexity index is 800. The normalized spacial score (nSPS) is 14.7. The number of nitrogens with two attached hydrogens (primary N) is 1. The number of aliphatic imine (C=N–C) groups is 1. The Balaban J connectivity index is 1.67. The van der Waals surface area contributed by atoms with E-state index >= 15 is 0 Å². The first kappa shape index (κ1) is 18.1. The van der Waals surface area contributed by atoms with E-state index in [4.69, 9.17) is 15.2 Å². The van der Waals surface area contributed by atoms with E-state index in [1.807, 2.05) is 18.2 Å². The van der Waals surface area contributed by atoms with Gasteiger partial charge < -0.3 is 20.5 Å². The van der Waals surface area contributed by atoms with E-state index in [0.717, 1.165) is 23.6 Å². The molecule has 1 aliphatic rings. The second kappa shape index (κ2) is 7.68. The van der Waals surface area contributed by atoms with Crippen molar-refractivity contribution in [2.24, 2.45) is 10.7 Å². The molecular weight excluding hydrogens is 326 g/mol. The summed E-state index contributed by atoms with van der Waals surface area (Å²) in [7, 11) is 0. The molecule has 5 heteroatoms. The highest BCUT2D eigenvalue weighted by Crippen LogP contribution is 2.32. The zero-order valence-corrected chi connectivity index (χ0v) is 15.7. The van der Waals surface area contributed by atoms with Gasteiger partial charge in [0.05, 0.1) is 19.8 Å². The second-order valence-corrected chi connectivity index (χ2v) is 7.29. The number of hydrogen-bond acceptors (Lipinski definition) is 3. The van der Waals surface area contributed by atoms with E-state index in [2.05, 4.69) is 55.3 Å². The minimum Gasteiger partial charge on any atom is -0.490 e. The van der Waals surface area contributed by atoms with E-state index in [9.17, 15) is 0 Å². The molecule has 0 spiro atoms. The van der Waals surface area contributed by atoms with Gasteiger partial charge in [0.2, 0.25) is 0 Å². The topological polar surface area (TPSA) is 68.9 Å². The molecule has 3 N–H and O–H groups in total. The Morgan fingerprint density at radius 2 is 1.88 bits per heavy atom. The number of nitrogens with one attached hydrogen (secondary N) is 1. The van der Waals surface area contributed by atoms with Crippen LogP contribution in [0.3, 0.4) is 0 Å². The van der Waals surface area contributed by atoms with Gasteiger partial charge in [0.15, 0.2) is 17.5 Å². The third-order valence-electron chi connectivity index (χ3n) is 4.46. The van der Waals surface area contributed by atoms with Crippen molar-refractivity contribution in [1.82, 2.24) is 0 Å². The number of aryl methyl sites for hydroxylation is 1. The maximum absolute atomic E-state index is 6.09. The average Bonchev–Trinajstić information content (AvgIpc) is 2.85. The molecule has 26 heavy (non-hydrogen) atoms. The molecule has 0 aromatic heterocycles. The van der Waals surface area contributed by atoms with Gasteiger partial charge in [-0.2, -0.15) is 0 Å². The highest BCUT2D eigenvalue weighted by atomic mass is 16.5. The molecule has 1 heterocycles. The van der Waals surface area contributed by atoms with Gasteiger partial charge in [-0.3, -0.25) is 4.99 Å². The van der Waals surface area contributed by atoms with Crippen molar-refractivity contribution in [2.75, 3.05) is 25.1 Å². The Morgan fingerprint density at radius 1 is 1.12 bits per heavy atom. The van der Waals surface area contributed by atoms with Crippen LogP contribution in [0.5, 0.6) is 11.5 Å². The quantitative estimate of drug-likeness (QED) is 0.647. The van der Waals surface area contributed by atoms with Crippen LogP contribution in [0.2, 0.25) is 0 Å². The number of hydrogen-bond donors (Lipinski definition) is 2. The zero-order chi connectivity index (χ0) is 18.6. The molecule has 0 aliphatic carbocycles. The van der Waals surface area contributed by atoms with E-state index in [0.29, 0.717) is 25.7 Å². The summed E-state index contributed by atoms with van der Waals surface area (Å²) in [6.45, 7) is 8.38. The summed E-state index contributed by atoms with van der Waals surface area (Å²) in [6.07, 6.45) is 0.884. The van der Waals surface area contributed by atoms with Crippen LogP contribution >= 0.6 is 0 Å². The minimum absolute atomic E-state index is 0.0942. The molecule has 0 radical (unpaired) electrons. The van der Waals surface area contributed by atoms with Crippen LogP contribution < -0.4 is 20.5 Å². The van der Waals surface area contributed by atoms with Crippen molar-refractivity contribution in [3.63, 3.8) is 0 Å². The lowest BCUT2D eigenvalue weighted by Crippen LogP contribution is -2.27. The first-order valence-electron chi connectivity index (χ1n) is 8.98. The maximum Gasteiger partial charge on any atom is 0.193 e. The summed E-state index contributed by atoms with van der Waals surface area (Å²) in [6, 6.07) is 14.2. The summed E-state index contributed by atoms with van der Waals surface area (Å²) in [4.78, 5) is 4.54. The molecule has 138 valence electrons. The van der Waals surface area contributed by atoms with E-state index in [1.165, 1.54) is 11.1 Å². The highest BCUT2D eigenvalue weighted by Gasteiger charge is 2.20. The summed E-state index contributed by atoms with van der Waals surface area (Å²) >= 11 is 0. The fraction of sp³-hybridized carbons (Fsp3) is 0.381. The second-order valence-electron chi connectivity index (χ2n) is 7.29. The third kappa shape index (κ3) is 4.48. The SMILES string of the molecule is Cc1cccc(C(C)(C)CN=C(N)Nc2ccc3c(c2)OCCCO3)c1. The molecule has 0 bridgehead atoms. The molecule has 5 nitrogen and oxygen atoms in total. The van der Waals surface area contributed by atoms with Gasteiger partial charge in [0.1, 0.15) is 0 Å². The first-order chi connectivity index (χ1) is 12.4. The number of ether oxygens (including phenoxy) is 2. The van der Waals surface area contributed by atoms with Gasteiger partial charge in [0.25, 0.3) is 0 Å². The number of benzene rings is 2. The third-order valence-corrected chi connectivity index (χ3v) is 4.46. The van der Waals surface area contributed by atoms with Crippen LogP contribution in [0, 0.1) is 6.92 Å². The predicted molar refractivity (Wildman–Crippen MR) is 106 cm³/mol. The average molecular weight is 353 g/mol. The predicted octanol–water partition coefficient (Wildman–Crippen LogP) is 3.86. The van der Waals surface area contributed by atoms with Crippen molar-refractivity contribution in [3.8, 4) is 11.5 Å². The first-order valence-corrected chi connectivity index (χ1v) is 8.98. The van der Waals surface area contributed by atoms with Crippen molar-refractivity contribution in [2.45, 2.75) is 32.6 Å². The highest BCUT2D eigenvalue weighted by molar-refractivity contribution is 5.92. The van der Waals surface area contributed by atoms with E-state index < -0.39 is 0 Å². The fourth-order valence-corrected chi connectivity index (χ4v) is 2.87. The van der Waals surface area contributed by atoms with Crippen LogP contribution in [-0.2, 0) is 5.41 Å². The summed E-state index contributed by atoms with van der Waals surface area (Å²) in [5.74, 6) is 1.89. The Morgan fingerprint density at radius 3 is 2.65 bits per heavy atom. The molecule has 0 fully saturated rings. The van der Waals surface area contributed by atoms with Gasteiger partial charge >= 0.3 is 0 Å². The molecule has 0 atom stereocenters. The Kier molecular flexibility index (Phi) is 5.35. The largest absolute Gasteiger partial charge is 0.490 e. The Hall–Kier alpha value is -2.69. The number of anilines is 1.